The molecule has 0 atom stereocenters. The molecule has 2 amide bonds. The van der Waals surface area contributed by atoms with Crippen molar-refractivity contribution in [3.8, 4) is 0 Å². The maximum atomic E-state index is 11.7. The van der Waals surface area contributed by atoms with Crippen LogP contribution in [0.1, 0.15) is 60.3 Å². The van der Waals surface area contributed by atoms with Gasteiger partial charge in [-0.05, 0) is 31.1 Å². The quantitative estimate of drug-likeness (QED) is 0.737. The summed E-state index contributed by atoms with van der Waals surface area (Å²) in [6.45, 7) is 10.0. The number of hydrogen-bond donors (Lipinski definition) is 3. The van der Waals surface area contributed by atoms with E-state index in [1.807, 2.05) is 0 Å². The molecule has 0 aromatic rings. The van der Waals surface area contributed by atoms with Crippen LogP contribution in [-0.4, -0.2) is 35.6 Å². The van der Waals surface area contributed by atoms with Gasteiger partial charge in [-0.2, -0.15) is 0 Å². The van der Waals surface area contributed by atoms with E-state index in [0.717, 1.165) is 12.8 Å². The molecule has 0 radical (unpaired) electrons. The molecule has 1 fully saturated rings. The second kappa shape index (κ2) is 6.34. The Balaban J connectivity index is 2.32. The van der Waals surface area contributed by atoms with Gasteiger partial charge in [0, 0.05) is 12.0 Å². The molecule has 0 aliphatic heterocycles. The maximum absolute atomic E-state index is 11.7. The first-order chi connectivity index (χ1) is 9.44. The second-order valence-electron chi connectivity index (χ2n) is 8.10. The first-order valence-corrected chi connectivity index (χ1v) is 7.71. The Morgan fingerprint density at radius 2 is 1.57 bits per heavy atom. The van der Waals surface area contributed by atoms with E-state index < -0.39 is 11.0 Å². The summed E-state index contributed by atoms with van der Waals surface area (Å²) in [5.74, 6) is -0.415. The summed E-state index contributed by atoms with van der Waals surface area (Å²) in [7, 11) is 0. The molecule has 122 valence electrons. The zero-order valence-corrected chi connectivity index (χ0v) is 14.0. The molecule has 0 heterocycles. The van der Waals surface area contributed by atoms with Gasteiger partial charge >= 0.3 is 0 Å². The zero-order chi connectivity index (χ0) is 16.3. The van der Waals surface area contributed by atoms with Crippen molar-refractivity contribution < 1.29 is 14.7 Å². The molecule has 1 aliphatic carbocycles. The van der Waals surface area contributed by atoms with Gasteiger partial charge in [0.15, 0.2) is 0 Å². The van der Waals surface area contributed by atoms with Crippen LogP contribution < -0.4 is 10.6 Å². The highest BCUT2D eigenvalue weighted by Gasteiger charge is 2.36. The topological polar surface area (TPSA) is 78.4 Å². The third-order valence-electron chi connectivity index (χ3n) is 4.24. The van der Waals surface area contributed by atoms with Gasteiger partial charge in [0.25, 0.3) is 0 Å². The molecule has 0 aromatic heterocycles. The highest BCUT2D eigenvalue weighted by molar-refractivity contribution is 5.87. The molecule has 0 saturated heterocycles. The van der Waals surface area contributed by atoms with Crippen LogP contribution in [0.25, 0.3) is 0 Å². The Bertz CT molecular complexity index is 387. The monoisotopic (exact) mass is 298 g/mol. The highest BCUT2D eigenvalue weighted by atomic mass is 16.3. The smallest absolute Gasteiger partial charge is 0.239 e. The standard InChI is InChI=1S/C16H30N2O3/c1-14(2,3)13(20)17-10-12(19)18-11-16(21)8-6-15(4,5)7-9-16/h21H,6-11H2,1-5H3,(H,17,20)(H,18,19). The molecule has 21 heavy (non-hydrogen) atoms. The summed E-state index contributed by atoms with van der Waals surface area (Å²) in [6.07, 6.45) is 3.32. The van der Waals surface area contributed by atoms with E-state index in [1.165, 1.54) is 0 Å². The van der Waals surface area contributed by atoms with Gasteiger partial charge in [-0.25, -0.2) is 0 Å². The lowest BCUT2D eigenvalue weighted by Gasteiger charge is -2.40. The van der Waals surface area contributed by atoms with Crippen molar-refractivity contribution in [2.75, 3.05) is 13.1 Å². The lowest BCUT2D eigenvalue weighted by Crippen LogP contribution is -2.49. The van der Waals surface area contributed by atoms with Gasteiger partial charge in [-0.15, -0.1) is 0 Å². The third-order valence-corrected chi connectivity index (χ3v) is 4.24. The number of carbonyl (C=O) groups excluding carboxylic acids is 2. The van der Waals surface area contributed by atoms with E-state index in [0.29, 0.717) is 12.8 Å². The van der Waals surface area contributed by atoms with E-state index in [1.54, 1.807) is 20.8 Å². The largest absolute Gasteiger partial charge is 0.388 e. The number of amides is 2. The Hall–Kier alpha value is -1.10. The minimum atomic E-state index is -0.806. The normalized spacial score (nSPS) is 20.7. The van der Waals surface area contributed by atoms with E-state index in [-0.39, 0.29) is 30.3 Å². The number of carbonyl (C=O) groups is 2. The predicted octanol–water partition coefficient (Wildman–Crippen LogP) is 1.60. The summed E-state index contributed by atoms with van der Waals surface area (Å²) < 4.78 is 0. The van der Waals surface area contributed by atoms with E-state index in [9.17, 15) is 14.7 Å². The molecule has 0 unspecified atom stereocenters. The van der Waals surface area contributed by atoms with Crippen molar-refractivity contribution in [2.24, 2.45) is 10.8 Å². The summed E-state index contributed by atoms with van der Waals surface area (Å²) >= 11 is 0. The molecule has 1 rings (SSSR count). The average molecular weight is 298 g/mol. The van der Waals surface area contributed by atoms with Gasteiger partial charge < -0.3 is 15.7 Å². The van der Waals surface area contributed by atoms with E-state index >= 15 is 0 Å². The Morgan fingerprint density at radius 3 is 2.05 bits per heavy atom. The third kappa shape index (κ3) is 6.04. The van der Waals surface area contributed by atoms with Crippen LogP contribution in [0.4, 0.5) is 0 Å². The minimum absolute atomic E-state index is 0.0440. The van der Waals surface area contributed by atoms with Gasteiger partial charge in [0.05, 0.1) is 12.1 Å². The van der Waals surface area contributed by atoms with E-state index in [4.69, 9.17) is 0 Å². The molecule has 0 bridgehead atoms. The molecule has 0 spiro atoms. The van der Waals surface area contributed by atoms with Crippen molar-refractivity contribution >= 4 is 11.8 Å². The van der Waals surface area contributed by atoms with Crippen LogP contribution in [-0.2, 0) is 9.59 Å². The lowest BCUT2D eigenvalue weighted by molar-refractivity contribution is -0.131. The van der Waals surface area contributed by atoms with Crippen LogP contribution in [0.15, 0.2) is 0 Å². The van der Waals surface area contributed by atoms with Crippen LogP contribution in [0, 0.1) is 10.8 Å². The van der Waals surface area contributed by atoms with Crippen LogP contribution in [0.2, 0.25) is 0 Å². The molecule has 1 saturated carbocycles. The predicted molar refractivity (Wildman–Crippen MR) is 82.7 cm³/mol. The number of rotatable bonds is 4. The van der Waals surface area contributed by atoms with Crippen LogP contribution in [0.5, 0.6) is 0 Å². The second-order valence-corrected chi connectivity index (χ2v) is 8.10. The summed E-state index contributed by atoms with van der Waals surface area (Å²) in [5.41, 5.74) is -1.04. The molecule has 3 N–H and O–H groups in total. The SMILES string of the molecule is CC1(C)CCC(O)(CNC(=O)CNC(=O)C(C)(C)C)CC1. The Morgan fingerprint density at radius 1 is 1.05 bits per heavy atom. The number of nitrogens with one attached hydrogen (secondary N) is 2. The van der Waals surface area contributed by atoms with Crippen molar-refractivity contribution in [3.05, 3.63) is 0 Å². The van der Waals surface area contributed by atoms with E-state index in [2.05, 4.69) is 24.5 Å². The van der Waals surface area contributed by atoms with Gasteiger partial charge in [0.2, 0.25) is 11.8 Å². The summed E-state index contributed by atoms with van der Waals surface area (Å²) in [5, 5.41) is 15.8. The number of aliphatic hydroxyl groups is 1. The van der Waals surface area contributed by atoms with Crippen LogP contribution in [0.3, 0.4) is 0 Å². The molecule has 1 aliphatic rings. The maximum Gasteiger partial charge on any atom is 0.239 e. The molecule has 0 aromatic carbocycles. The van der Waals surface area contributed by atoms with Gasteiger partial charge in [-0.1, -0.05) is 34.6 Å². The van der Waals surface area contributed by atoms with Crippen LogP contribution >= 0.6 is 0 Å². The fraction of sp³-hybridized carbons (Fsp3) is 0.875. The molecular weight excluding hydrogens is 268 g/mol. The van der Waals surface area contributed by atoms with Crippen molar-refractivity contribution in [1.29, 1.82) is 0 Å². The first kappa shape index (κ1) is 18.0. The van der Waals surface area contributed by atoms with Gasteiger partial charge in [0.1, 0.15) is 0 Å². The minimum Gasteiger partial charge on any atom is -0.388 e. The average Bonchev–Trinajstić information content (AvgIpc) is 2.37. The fourth-order valence-electron chi connectivity index (χ4n) is 2.32. The molecular formula is C16H30N2O3. The summed E-state index contributed by atoms with van der Waals surface area (Å²) in [4.78, 5) is 23.4. The molecule has 5 nitrogen and oxygen atoms in total. The van der Waals surface area contributed by atoms with Crippen molar-refractivity contribution in [2.45, 2.75) is 65.9 Å². The Labute approximate surface area is 127 Å². The fourth-order valence-corrected chi connectivity index (χ4v) is 2.32. The Kier molecular flexibility index (Phi) is 5.42. The number of hydrogen-bond acceptors (Lipinski definition) is 3. The summed E-state index contributed by atoms with van der Waals surface area (Å²) in [6, 6.07) is 0. The lowest BCUT2D eigenvalue weighted by atomic mass is 9.71. The molecule has 5 heteroatoms. The first-order valence-electron chi connectivity index (χ1n) is 7.71. The highest BCUT2D eigenvalue weighted by Crippen LogP contribution is 2.39. The zero-order valence-electron chi connectivity index (χ0n) is 14.0. The van der Waals surface area contributed by atoms with Crippen molar-refractivity contribution in [3.63, 3.8) is 0 Å². The van der Waals surface area contributed by atoms with Gasteiger partial charge in [-0.3, -0.25) is 9.59 Å². The van der Waals surface area contributed by atoms with Crippen molar-refractivity contribution in [1.82, 2.24) is 10.6 Å².